The minimum Gasteiger partial charge on any atom is -0.508 e. The summed E-state index contributed by atoms with van der Waals surface area (Å²) >= 11 is 0. The fourth-order valence-electron chi connectivity index (χ4n) is 1.64. The SMILES string of the molecule is Cc1ccc(O)c(CNCc2ncc(C)o2)c1. The molecule has 4 nitrogen and oxygen atoms in total. The van der Waals surface area contributed by atoms with E-state index in [1.54, 1.807) is 12.3 Å². The molecule has 0 bridgehead atoms. The number of benzene rings is 1. The van der Waals surface area contributed by atoms with Crippen LogP contribution >= 0.6 is 0 Å². The van der Waals surface area contributed by atoms with Gasteiger partial charge in [-0.2, -0.15) is 0 Å². The maximum atomic E-state index is 9.66. The fourth-order valence-corrected chi connectivity index (χ4v) is 1.64. The smallest absolute Gasteiger partial charge is 0.208 e. The first-order chi connectivity index (χ1) is 8.15. The van der Waals surface area contributed by atoms with E-state index in [1.165, 1.54) is 0 Å². The maximum Gasteiger partial charge on any atom is 0.208 e. The molecule has 0 aliphatic carbocycles. The van der Waals surface area contributed by atoms with Gasteiger partial charge in [-0.1, -0.05) is 17.7 Å². The van der Waals surface area contributed by atoms with Crippen LogP contribution in [0, 0.1) is 13.8 Å². The average Bonchev–Trinajstić information content (AvgIpc) is 2.69. The number of rotatable bonds is 4. The molecule has 0 spiro atoms. The molecular formula is C13H16N2O2. The lowest BCUT2D eigenvalue weighted by Crippen LogP contribution is -2.13. The van der Waals surface area contributed by atoms with E-state index in [4.69, 9.17) is 4.42 Å². The Morgan fingerprint density at radius 2 is 2.12 bits per heavy atom. The molecule has 0 radical (unpaired) electrons. The van der Waals surface area contributed by atoms with Crippen molar-refractivity contribution in [2.75, 3.05) is 0 Å². The molecule has 2 N–H and O–H groups in total. The highest BCUT2D eigenvalue weighted by Gasteiger charge is 2.03. The lowest BCUT2D eigenvalue weighted by atomic mass is 10.1. The number of aryl methyl sites for hydroxylation is 2. The highest BCUT2D eigenvalue weighted by atomic mass is 16.4. The molecule has 1 aromatic heterocycles. The van der Waals surface area contributed by atoms with Gasteiger partial charge >= 0.3 is 0 Å². The lowest BCUT2D eigenvalue weighted by molar-refractivity contribution is 0.440. The summed E-state index contributed by atoms with van der Waals surface area (Å²) in [5.41, 5.74) is 2.01. The van der Waals surface area contributed by atoms with Crippen molar-refractivity contribution in [1.82, 2.24) is 10.3 Å². The minimum atomic E-state index is 0.312. The van der Waals surface area contributed by atoms with Crippen LogP contribution in [-0.4, -0.2) is 10.1 Å². The van der Waals surface area contributed by atoms with Crippen LogP contribution in [0.5, 0.6) is 5.75 Å². The summed E-state index contributed by atoms with van der Waals surface area (Å²) in [6, 6.07) is 5.56. The van der Waals surface area contributed by atoms with Gasteiger partial charge in [-0.25, -0.2) is 4.98 Å². The largest absolute Gasteiger partial charge is 0.508 e. The van der Waals surface area contributed by atoms with Gasteiger partial charge < -0.3 is 14.8 Å². The Labute approximate surface area is 100 Å². The van der Waals surface area contributed by atoms with E-state index < -0.39 is 0 Å². The average molecular weight is 232 g/mol. The van der Waals surface area contributed by atoms with Crippen molar-refractivity contribution in [2.45, 2.75) is 26.9 Å². The number of phenols is 1. The van der Waals surface area contributed by atoms with Crippen molar-refractivity contribution >= 4 is 0 Å². The first kappa shape index (κ1) is 11.7. The number of phenolic OH excluding ortho intramolecular Hbond substituents is 1. The van der Waals surface area contributed by atoms with Crippen molar-refractivity contribution in [3.8, 4) is 5.75 Å². The van der Waals surface area contributed by atoms with Gasteiger partial charge in [0.05, 0.1) is 12.7 Å². The maximum absolute atomic E-state index is 9.66. The van der Waals surface area contributed by atoms with E-state index >= 15 is 0 Å². The summed E-state index contributed by atoms with van der Waals surface area (Å²) in [5.74, 6) is 1.78. The second-order valence-electron chi connectivity index (χ2n) is 4.10. The number of oxazole rings is 1. The van der Waals surface area contributed by atoms with Crippen LogP contribution in [0.3, 0.4) is 0 Å². The van der Waals surface area contributed by atoms with Crippen molar-refractivity contribution in [3.05, 3.63) is 47.2 Å². The summed E-state index contributed by atoms with van der Waals surface area (Å²) in [5, 5.41) is 12.8. The van der Waals surface area contributed by atoms with Crippen LogP contribution in [0.15, 0.2) is 28.8 Å². The van der Waals surface area contributed by atoms with Gasteiger partial charge in [-0.05, 0) is 19.9 Å². The Kier molecular flexibility index (Phi) is 3.44. The van der Waals surface area contributed by atoms with Crippen LogP contribution in [0.25, 0.3) is 0 Å². The molecule has 1 heterocycles. The highest BCUT2D eigenvalue weighted by Crippen LogP contribution is 2.17. The first-order valence-corrected chi connectivity index (χ1v) is 5.55. The highest BCUT2D eigenvalue weighted by molar-refractivity contribution is 5.35. The van der Waals surface area contributed by atoms with E-state index in [-0.39, 0.29) is 0 Å². The molecule has 90 valence electrons. The third kappa shape index (κ3) is 3.07. The minimum absolute atomic E-state index is 0.312. The lowest BCUT2D eigenvalue weighted by Gasteiger charge is -2.06. The van der Waals surface area contributed by atoms with E-state index in [1.807, 2.05) is 26.0 Å². The monoisotopic (exact) mass is 232 g/mol. The Hall–Kier alpha value is -1.81. The van der Waals surface area contributed by atoms with Gasteiger partial charge in [0.25, 0.3) is 0 Å². The third-order valence-corrected chi connectivity index (χ3v) is 2.50. The zero-order valence-electron chi connectivity index (χ0n) is 10.0. The van der Waals surface area contributed by atoms with E-state index in [0.717, 1.165) is 16.9 Å². The van der Waals surface area contributed by atoms with E-state index in [0.29, 0.717) is 24.7 Å². The number of hydrogen-bond donors (Lipinski definition) is 2. The molecule has 0 aliphatic heterocycles. The molecule has 4 heteroatoms. The molecule has 0 atom stereocenters. The molecule has 0 saturated carbocycles. The standard InChI is InChI=1S/C13H16N2O2/c1-9-3-4-12(16)11(5-9)7-14-8-13-15-6-10(2)17-13/h3-6,14,16H,7-8H2,1-2H3. The quantitative estimate of drug-likeness (QED) is 0.849. The Bertz CT molecular complexity index is 506. The van der Waals surface area contributed by atoms with Gasteiger partial charge in [0.2, 0.25) is 5.89 Å². The van der Waals surface area contributed by atoms with E-state index in [2.05, 4.69) is 10.3 Å². The van der Waals surface area contributed by atoms with Crippen molar-refractivity contribution in [3.63, 3.8) is 0 Å². The van der Waals surface area contributed by atoms with Crippen LogP contribution in [0.1, 0.15) is 22.8 Å². The number of hydrogen-bond acceptors (Lipinski definition) is 4. The Morgan fingerprint density at radius 3 is 2.82 bits per heavy atom. The molecule has 2 rings (SSSR count). The zero-order valence-corrected chi connectivity index (χ0v) is 10.0. The molecule has 0 unspecified atom stereocenters. The number of aromatic hydroxyl groups is 1. The van der Waals surface area contributed by atoms with Crippen molar-refractivity contribution < 1.29 is 9.52 Å². The Morgan fingerprint density at radius 1 is 1.29 bits per heavy atom. The molecule has 1 aromatic carbocycles. The molecule has 2 aromatic rings. The number of aromatic nitrogens is 1. The zero-order chi connectivity index (χ0) is 12.3. The summed E-state index contributed by atoms with van der Waals surface area (Å²) in [6.45, 7) is 5.01. The molecule has 0 saturated heterocycles. The van der Waals surface area contributed by atoms with Crippen LogP contribution in [0.2, 0.25) is 0 Å². The van der Waals surface area contributed by atoms with Crippen molar-refractivity contribution in [2.24, 2.45) is 0 Å². The Balaban J connectivity index is 1.91. The van der Waals surface area contributed by atoms with Crippen molar-refractivity contribution in [1.29, 1.82) is 0 Å². The molecule has 17 heavy (non-hydrogen) atoms. The summed E-state index contributed by atoms with van der Waals surface area (Å²) in [6.07, 6.45) is 1.70. The number of nitrogens with one attached hydrogen (secondary N) is 1. The second kappa shape index (κ2) is 5.01. The van der Waals surface area contributed by atoms with Gasteiger partial charge in [0.1, 0.15) is 11.5 Å². The first-order valence-electron chi connectivity index (χ1n) is 5.55. The van der Waals surface area contributed by atoms with Crippen LogP contribution in [0.4, 0.5) is 0 Å². The molecule has 0 amide bonds. The topological polar surface area (TPSA) is 58.3 Å². The normalized spacial score (nSPS) is 10.7. The van der Waals surface area contributed by atoms with Gasteiger partial charge in [-0.3, -0.25) is 0 Å². The molecular weight excluding hydrogens is 216 g/mol. The molecule has 0 fully saturated rings. The predicted molar refractivity (Wildman–Crippen MR) is 64.6 cm³/mol. The second-order valence-corrected chi connectivity index (χ2v) is 4.10. The van der Waals surface area contributed by atoms with Gasteiger partial charge in [0.15, 0.2) is 0 Å². The van der Waals surface area contributed by atoms with Crippen LogP contribution in [-0.2, 0) is 13.1 Å². The van der Waals surface area contributed by atoms with Gasteiger partial charge in [-0.15, -0.1) is 0 Å². The summed E-state index contributed by atoms with van der Waals surface area (Å²) in [7, 11) is 0. The van der Waals surface area contributed by atoms with E-state index in [9.17, 15) is 5.11 Å². The summed E-state index contributed by atoms with van der Waals surface area (Å²) in [4.78, 5) is 4.10. The summed E-state index contributed by atoms with van der Waals surface area (Å²) < 4.78 is 5.34. The van der Waals surface area contributed by atoms with Gasteiger partial charge in [0, 0.05) is 12.1 Å². The van der Waals surface area contributed by atoms with Crippen LogP contribution < -0.4 is 5.32 Å². The fraction of sp³-hybridized carbons (Fsp3) is 0.308. The number of nitrogens with zero attached hydrogens (tertiary/aromatic N) is 1. The molecule has 0 aliphatic rings. The third-order valence-electron chi connectivity index (χ3n) is 2.50. The predicted octanol–water partition coefficient (Wildman–Crippen LogP) is 2.29.